The fourth-order valence-corrected chi connectivity index (χ4v) is 4.83. The summed E-state index contributed by atoms with van der Waals surface area (Å²) < 4.78 is 7.57. The van der Waals surface area contributed by atoms with E-state index in [1.54, 1.807) is 0 Å². The summed E-state index contributed by atoms with van der Waals surface area (Å²) >= 11 is 0. The van der Waals surface area contributed by atoms with Crippen molar-refractivity contribution in [1.29, 1.82) is 0 Å². The van der Waals surface area contributed by atoms with E-state index in [0.717, 1.165) is 39.4 Å². The Morgan fingerprint density at radius 2 is 1.48 bits per heavy atom. The molecular weight excluding hydrogens is 496 g/mol. The van der Waals surface area contributed by atoms with Gasteiger partial charge in [0.2, 0.25) is 0 Å². The molecule has 196 valence electrons. The van der Waals surface area contributed by atoms with Crippen LogP contribution < -0.4 is 9.75 Å². The number of carbonyl (C=O) groups is 1. The molecule has 0 N–H and O–H groups in total. The zero-order valence-corrected chi connectivity index (χ0v) is 22.4. The number of aryl methyl sites for hydroxylation is 1. The zero-order chi connectivity index (χ0) is 27.5. The van der Waals surface area contributed by atoms with Crippen LogP contribution in [0.4, 0.5) is 5.69 Å². The first kappa shape index (κ1) is 25.1. The summed E-state index contributed by atoms with van der Waals surface area (Å²) in [7, 11) is 0. The molecule has 0 radical (unpaired) electrons. The maximum atomic E-state index is 13.9. The van der Waals surface area contributed by atoms with Crippen molar-refractivity contribution in [3.05, 3.63) is 138 Å². The van der Waals surface area contributed by atoms with Crippen LogP contribution in [0, 0.1) is 6.92 Å². The van der Waals surface area contributed by atoms with Gasteiger partial charge >= 0.3 is 0 Å². The van der Waals surface area contributed by atoms with Crippen molar-refractivity contribution in [3.8, 4) is 22.7 Å². The van der Waals surface area contributed by atoms with Crippen LogP contribution >= 0.6 is 0 Å². The molecule has 0 atom stereocenters. The predicted molar refractivity (Wildman–Crippen MR) is 160 cm³/mol. The first-order chi connectivity index (χ1) is 19.6. The number of anilines is 1. The highest BCUT2D eigenvalue weighted by Crippen LogP contribution is 2.33. The molecule has 4 aromatic carbocycles. The van der Waals surface area contributed by atoms with E-state index in [0.29, 0.717) is 23.6 Å². The number of para-hydroxylation sites is 2. The molecule has 1 aromatic heterocycles. The van der Waals surface area contributed by atoms with Crippen LogP contribution in [0.15, 0.2) is 126 Å². The number of nitrogens with zero attached hydrogens (tertiary/aromatic N) is 4. The van der Waals surface area contributed by atoms with E-state index >= 15 is 0 Å². The van der Waals surface area contributed by atoms with Crippen LogP contribution in [-0.2, 0) is 4.79 Å². The summed E-state index contributed by atoms with van der Waals surface area (Å²) in [6.45, 7) is 4.61. The van der Waals surface area contributed by atoms with E-state index in [-0.39, 0.29) is 5.91 Å². The summed E-state index contributed by atoms with van der Waals surface area (Å²) in [4.78, 5) is 13.9. The molecule has 0 fully saturated rings. The minimum atomic E-state index is -0.188. The van der Waals surface area contributed by atoms with Crippen molar-refractivity contribution in [1.82, 2.24) is 9.78 Å². The molecular formula is C34H28N4O2. The molecule has 0 bridgehead atoms. The fourth-order valence-electron chi connectivity index (χ4n) is 4.83. The lowest BCUT2D eigenvalue weighted by Gasteiger charge is -2.11. The number of rotatable bonds is 7. The number of carbonyl (C=O) groups excluding carboxylic acids is 1. The fraction of sp³-hybridized carbons (Fsp3) is 0.0882. The Morgan fingerprint density at radius 1 is 0.825 bits per heavy atom. The first-order valence-corrected chi connectivity index (χ1v) is 13.3. The first-order valence-electron chi connectivity index (χ1n) is 13.3. The van der Waals surface area contributed by atoms with Crippen molar-refractivity contribution >= 4 is 23.4 Å². The molecule has 0 saturated heterocycles. The van der Waals surface area contributed by atoms with Gasteiger partial charge < -0.3 is 4.74 Å². The monoisotopic (exact) mass is 524 g/mol. The van der Waals surface area contributed by atoms with Gasteiger partial charge in [-0.05, 0) is 68.0 Å². The van der Waals surface area contributed by atoms with Crippen LogP contribution in [0.5, 0.6) is 5.75 Å². The van der Waals surface area contributed by atoms with E-state index < -0.39 is 0 Å². The standard InChI is InChI=1S/C34H28N4O2/c1-3-40-29-19-20-30(24(2)21-29)33-26(23-37(35-33)27-15-9-5-10-16-27)22-31-32(25-13-7-4-8-14-25)36-38(34(31)39)28-17-11-6-12-18-28/h4-23H,3H2,1-2H3/b31-22-. The van der Waals surface area contributed by atoms with Gasteiger partial charge in [-0.2, -0.15) is 15.2 Å². The van der Waals surface area contributed by atoms with Crippen LogP contribution in [0.3, 0.4) is 0 Å². The van der Waals surface area contributed by atoms with Gasteiger partial charge in [0.05, 0.1) is 23.6 Å². The summed E-state index contributed by atoms with van der Waals surface area (Å²) in [6.07, 6.45) is 3.88. The van der Waals surface area contributed by atoms with Gasteiger partial charge in [-0.3, -0.25) is 4.79 Å². The lowest BCUT2D eigenvalue weighted by molar-refractivity contribution is -0.114. The van der Waals surface area contributed by atoms with Gasteiger partial charge in [-0.15, -0.1) is 0 Å². The molecule has 6 nitrogen and oxygen atoms in total. The van der Waals surface area contributed by atoms with E-state index in [1.165, 1.54) is 5.01 Å². The molecule has 0 unspecified atom stereocenters. The Labute approximate surface area is 233 Å². The number of hydrogen-bond acceptors (Lipinski definition) is 4. The lowest BCUT2D eigenvalue weighted by atomic mass is 9.97. The highest BCUT2D eigenvalue weighted by molar-refractivity contribution is 6.37. The summed E-state index contributed by atoms with van der Waals surface area (Å²) in [5.74, 6) is 0.626. The number of aromatic nitrogens is 2. The smallest absolute Gasteiger partial charge is 0.281 e. The van der Waals surface area contributed by atoms with E-state index in [9.17, 15) is 4.79 Å². The van der Waals surface area contributed by atoms with Crippen LogP contribution in [-0.4, -0.2) is 28.0 Å². The van der Waals surface area contributed by atoms with Gasteiger partial charge in [0.1, 0.15) is 17.2 Å². The van der Waals surface area contributed by atoms with Crippen molar-refractivity contribution < 1.29 is 9.53 Å². The number of amides is 1. The molecule has 0 saturated carbocycles. The van der Waals surface area contributed by atoms with E-state index in [2.05, 4.69) is 0 Å². The van der Waals surface area contributed by atoms with Crippen LogP contribution in [0.1, 0.15) is 23.6 Å². The van der Waals surface area contributed by atoms with Gasteiger partial charge in [0.15, 0.2) is 0 Å². The largest absolute Gasteiger partial charge is 0.494 e. The Hall–Kier alpha value is -5.23. The molecule has 1 aliphatic heterocycles. The van der Waals surface area contributed by atoms with Gasteiger partial charge in [0, 0.05) is 22.9 Å². The SMILES string of the molecule is CCOc1ccc(-c2nn(-c3ccccc3)cc2/C=C2\C(=O)N(c3ccccc3)N=C2c2ccccc2)c(C)c1. The van der Waals surface area contributed by atoms with Crippen molar-refractivity contribution in [2.45, 2.75) is 13.8 Å². The molecule has 5 aromatic rings. The maximum absolute atomic E-state index is 13.9. The van der Waals surface area contributed by atoms with Crippen LogP contribution in [0.25, 0.3) is 23.0 Å². The summed E-state index contributed by atoms with van der Waals surface area (Å²) in [6, 6.07) is 35.3. The predicted octanol–water partition coefficient (Wildman–Crippen LogP) is 7.08. The number of hydrogen-bond donors (Lipinski definition) is 0. The van der Waals surface area contributed by atoms with E-state index in [4.69, 9.17) is 14.9 Å². The number of benzene rings is 4. The summed E-state index contributed by atoms with van der Waals surface area (Å²) in [5.41, 5.74) is 7.23. The van der Waals surface area contributed by atoms with Gasteiger partial charge in [-0.1, -0.05) is 66.7 Å². The Balaban J connectivity index is 1.52. The molecule has 1 aliphatic rings. The number of ether oxygens (including phenoxy) is 1. The van der Waals surface area contributed by atoms with Crippen LogP contribution in [0.2, 0.25) is 0 Å². The van der Waals surface area contributed by atoms with Crippen molar-refractivity contribution in [2.24, 2.45) is 5.10 Å². The third-order valence-corrected chi connectivity index (χ3v) is 6.75. The average Bonchev–Trinajstić information content (AvgIpc) is 3.56. The second-order valence-electron chi connectivity index (χ2n) is 9.45. The van der Waals surface area contributed by atoms with Crippen molar-refractivity contribution in [3.63, 3.8) is 0 Å². The Kier molecular flexibility index (Phi) is 6.81. The second kappa shape index (κ2) is 10.9. The normalized spacial score (nSPS) is 14.1. The molecule has 6 rings (SSSR count). The molecule has 2 heterocycles. The topological polar surface area (TPSA) is 59.7 Å². The molecule has 6 heteroatoms. The third-order valence-electron chi connectivity index (χ3n) is 6.75. The second-order valence-corrected chi connectivity index (χ2v) is 9.45. The molecule has 1 amide bonds. The van der Waals surface area contributed by atoms with Crippen molar-refractivity contribution in [2.75, 3.05) is 11.6 Å². The molecule has 0 spiro atoms. The highest BCUT2D eigenvalue weighted by atomic mass is 16.5. The molecule has 0 aliphatic carbocycles. The Morgan fingerprint density at radius 3 is 2.12 bits per heavy atom. The quantitative estimate of drug-likeness (QED) is 0.214. The minimum Gasteiger partial charge on any atom is -0.494 e. The van der Waals surface area contributed by atoms with Gasteiger partial charge in [0.25, 0.3) is 5.91 Å². The lowest BCUT2D eigenvalue weighted by Crippen LogP contribution is -2.21. The maximum Gasteiger partial charge on any atom is 0.281 e. The molecule has 40 heavy (non-hydrogen) atoms. The van der Waals surface area contributed by atoms with E-state index in [1.807, 2.05) is 140 Å². The highest BCUT2D eigenvalue weighted by Gasteiger charge is 2.32. The minimum absolute atomic E-state index is 0.188. The number of hydrazone groups is 1. The average molecular weight is 525 g/mol. The summed E-state index contributed by atoms with van der Waals surface area (Å²) in [5, 5.41) is 11.3. The zero-order valence-electron chi connectivity index (χ0n) is 22.4. The van der Waals surface area contributed by atoms with Gasteiger partial charge in [-0.25, -0.2) is 4.68 Å². The Bertz CT molecular complexity index is 1720. The third kappa shape index (κ3) is 4.83.